The Bertz CT molecular complexity index is 428. The summed E-state index contributed by atoms with van der Waals surface area (Å²) >= 11 is -1.06. The zero-order chi connectivity index (χ0) is 13.3. The molecule has 1 N–H and O–H groups in total. The van der Waals surface area contributed by atoms with E-state index in [1.165, 1.54) is 5.56 Å². The van der Waals surface area contributed by atoms with Gasteiger partial charge in [-0.1, -0.05) is 12.1 Å². The maximum atomic E-state index is 12.1. The zero-order valence-electron chi connectivity index (χ0n) is 11.4. The molecule has 4 heteroatoms. The normalized spacial score (nSPS) is 18.1. The van der Waals surface area contributed by atoms with Crippen LogP contribution in [0.4, 0.5) is 0 Å². The average Bonchev–Trinajstić information content (AvgIpc) is 2.74. The third-order valence-electron chi connectivity index (χ3n) is 3.06. The summed E-state index contributed by atoms with van der Waals surface area (Å²) < 4.78 is 20.5. The molecule has 0 aromatic heterocycles. The predicted molar refractivity (Wildman–Crippen MR) is 75.1 cm³/mol. The van der Waals surface area contributed by atoms with Gasteiger partial charge in [-0.15, -0.1) is 4.72 Å². The second-order valence-corrected chi connectivity index (χ2v) is 7.68. The number of hydrogen-bond donors (Lipinski definition) is 1. The van der Waals surface area contributed by atoms with Crippen molar-refractivity contribution in [1.82, 2.24) is 4.72 Å². The van der Waals surface area contributed by atoms with Crippen LogP contribution in [0.3, 0.4) is 0 Å². The van der Waals surface area contributed by atoms with Crippen molar-refractivity contribution in [2.24, 2.45) is 0 Å². The van der Waals surface area contributed by atoms with Crippen LogP contribution in [-0.4, -0.2) is 15.9 Å². The van der Waals surface area contributed by atoms with E-state index in [-0.39, 0.29) is 10.8 Å². The van der Waals surface area contributed by atoms with Crippen molar-refractivity contribution >= 4 is 11.4 Å². The van der Waals surface area contributed by atoms with Gasteiger partial charge in [-0.3, -0.25) is 0 Å². The van der Waals surface area contributed by atoms with Crippen LogP contribution in [0.25, 0.3) is 0 Å². The Morgan fingerprint density at radius 2 is 2.11 bits per heavy atom. The molecule has 0 radical (unpaired) electrons. The summed E-state index contributed by atoms with van der Waals surface area (Å²) in [7, 11) is 0. The quantitative estimate of drug-likeness (QED) is 0.856. The topological polar surface area (TPSA) is 44.3 Å². The molecule has 3 nitrogen and oxygen atoms in total. The number of hydrogen-bond acceptors (Lipinski definition) is 3. The first kappa shape index (κ1) is 13.7. The van der Waals surface area contributed by atoms with Gasteiger partial charge >= 0.3 is 0 Å². The average molecular weight is 267 g/mol. The van der Waals surface area contributed by atoms with Crippen molar-refractivity contribution in [3.8, 4) is 5.75 Å². The summed E-state index contributed by atoms with van der Waals surface area (Å²) in [4.78, 5) is 0. The van der Waals surface area contributed by atoms with Crippen molar-refractivity contribution in [2.75, 3.05) is 6.61 Å². The Hall–Kier alpha value is -0.710. The molecule has 1 unspecified atom stereocenters. The van der Waals surface area contributed by atoms with E-state index in [1.807, 2.05) is 27.7 Å². The van der Waals surface area contributed by atoms with E-state index in [0.717, 1.165) is 24.3 Å². The van der Waals surface area contributed by atoms with Crippen LogP contribution >= 0.6 is 0 Å². The minimum absolute atomic E-state index is 0.0551. The smallest absolute Gasteiger partial charge is 0.136 e. The molecule has 18 heavy (non-hydrogen) atoms. The first-order chi connectivity index (χ1) is 8.38. The third-order valence-corrected chi connectivity index (χ3v) is 4.74. The second-order valence-electron chi connectivity index (χ2n) is 5.69. The van der Waals surface area contributed by atoms with E-state index in [9.17, 15) is 4.55 Å². The zero-order valence-corrected chi connectivity index (χ0v) is 12.3. The van der Waals surface area contributed by atoms with Crippen LogP contribution < -0.4 is 9.46 Å². The van der Waals surface area contributed by atoms with Gasteiger partial charge in [-0.25, -0.2) is 0 Å². The van der Waals surface area contributed by atoms with Gasteiger partial charge in [0.05, 0.1) is 12.6 Å². The highest BCUT2D eigenvalue weighted by Gasteiger charge is 2.28. The fraction of sp³-hybridized carbons (Fsp3) is 0.571. The first-order valence-corrected chi connectivity index (χ1v) is 7.46. The number of benzene rings is 1. The van der Waals surface area contributed by atoms with Crippen LogP contribution in [-0.2, 0) is 17.8 Å². The van der Waals surface area contributed by atoms with Gasteiger partial charge in [-0.2, -0.15) is 0 Å². The number of fused-ring (bicyclic) bond motifs is 1. The van der Waals surface area contributed by atoms with Gasteiger partial charge in [0.1, 0.15) is 10.5 Å². The molecule has 0 fully saturated rings. The standard InChI is InChI=1S/C14H21NO2S/c1-10(15-18(16)14(2,3)4)12-6-5-11-7-8-17-13(11)9-12/h5-6,9-10,15H,7-8H2,1-4H3/t10?,18-/m1/s1. The molecule has 0 spiro atoms. The molecule has 1 aromatic rings. The largest absolute Gasteiger partial charge is 0.598 e. The maximum Gasteiger partial charge on any atom is 0.136 e. The maximum absolute atomic E-state index is 12.1. The molecule has 1 aromatic carbocycles. The molecule has 1 aliphatic rings. The van der Waals surface area contributed by atoms with E-state index in [2.05, 4.69) is 22.9 Å². The molecular formula is C14H21NO2S. The fourth-order valence-corrected chi connectivity index (χ4v) is 2.67. The molecular weight excluding hydrogens is 246 g/mol. The molecule has 2 rings (SSSR count). The van der Waals surface area contributed by atoms with Crippen molar-refractivity contribution in [2.45, 2.75) is 44.9 Å². The van der Waals surface area contributed by atoms with Gasteiger partial charge in [0, 0.05) is 17.8 Å². The highest BCUT2D eigenvalue weighted by Crippen LogP contribution is 2.29. The van der Waals surface area contributed by atoms with E-state index in [4.69, 9.17) is 4.74 Å². The summed E-state index contributed by atoms with van der Waals surface area (Å²) in [6.45, 7) is 8.70. The van der Waals surface area contributed by atoms with Crippen molar-refractivity contribution in [3.63, 3.8) is 0 Å². The molecule has 1 heterocycles. The van der Waals surface area contributed by atoms with Gasteiger partial charge in [-0.05, 0) is 44.9 Å². The van der Waals surface area contributed by atoms with E-state index < -0.39 is 11.4 Å². The Morgan fingerprint density at radius 3 is 2.78 bits per heavy atom. The third kappa shape index (κ3) is 2.99. The van der Waals surface area contributed by atoms with Crippen LogP contribution in [0.2, 0.25) is 0 Å². The van der Waals surface area contributed by atoms with Gasteiger partial charge < -0.3 is 9.29 Å². The van der Waals surface area contributed by atoms with Gasteiger partial charge in [0.2, 0.25) is 0 Å². The Kier molecular flexibility index (Phi) is 3.90. The van der Waals surface area contributed by atoms with Crippen LogP contribution in [0.5, 0.6) is 5.75 Å². The monoisotopic (exact) mass is 267 g/mol. The number of nitrogens with one attached hydrogen (secondary N) is 1. The summed E-state index contributed by atoms with van der Waals surface area (Å²) in [5, 5.41) is 0. The molecule has 0 amide bonds. The van der Waals surface area contributed by atoms with E-state index in [1.54, 1.807) is 0 Å². The number of ether oxygens (including phenoxy) is 1. The Morgan fingerprint density at radius 1 is 1.39 bits per heavy atom. The highest BCUT2D eigenvalue weighted by atomic mass is 32.2. The van der Waals surface area contributed by atoms with Gasteiger partial charge in [0.15, 0.2) is 0 Å². The molecule has 0 bridgehead atoms. The molecule has 100 valence electrons. The first-order valence-electron chi connectivity index (χ1n) is 6.31. The minimum Gasteiger partial charge on any atom is -0.598 e. The van der Waals surface area contributed by atoms with Crippen molar-refractivity contribution < 1.29 is 9.29 Å². The SMILES string of the molecule is CC(N[S@+]([O-])C(C)(C)C)c1ccc2c(c1)OCC2. The summed E-state index contributed by atoms with van der Waals surface area (Å²) in [6.07, 6.45) is 0.991. The highest BCUT2D eigenvalue weighted by molar-refractivity contribution is 7.90. The van der Waals surface area contributed by atoms with Crippen LogP contribution in [0.1, 0.15) is 44.9 Å². The molecule has 2 atom stereocenters. The molecule has 0 saturated heterocycles. The summed E-state index contributed by atoms with van der Waals surface area (Å²) in [5.41, 5.74) is 2.39. The van der Waals surface area contributed by atoms with Crippen LogP contribution in [0.15, 0.2) is 18.2 Å². The van der Waals surface area contributed by atoms with Gasteiger partial charge in [0.25, 0.3) is 0 Å². The van der Waals surface area contributed by atoms with E-state index >= 15 is 0 Å². The molecule has 0 saturated carbocycles. The lowest BCUT2D eigenvalue weighted by atomic mass is 10.1. The molecule has 1 aliphatic heterocycles. The minimum atomic E-state index is -1.06. The lowest BCUT2D eigenvalue weighted by Crippen LogP contribution is -2.40. The predicted octanol–water partition coefficient (Wildman–Crippen LogP) is 2.73. The second kappa shape index (κ2) is 5.11. The van der Waals surface area contributed by atoms with Crippen LogP contribution in [0, 0.1) is 0 Å². The number of rotatable bonds is 3. The van der Waals surface area contributed by atoms with E-state index in [0.29, 0.717) is 0 Å². The summed E-state index contributed by atoms with van der Waals surface area (Å²) in [5.74, 6) is 0.975. The summed E-state index contributed by atoms with van der Waals surface area (Å²) in [6, 6.07) is 6.31. The Balaban J connectivity index is 2.07. The Labute approximate surface area is 112 Å². The lowest BCUT2D eigenvalue weighted by Gasteiger charge is -2.26. The lowest BCUT2D eigenvalue weighted by molar-refractivity contribution is 0.356. The van der Waals surface area contributed by atoms with Crippen molar-refractivity contribution in [1.29, 1.82) is 0 Å². The molecule has 0 aliphatic carbocycles. The van der Waals surface area contributed by atoms with Crippen molar-refractivity contribution in [3.05, 3.63) is 29.3 Å². The fourth-order valence-electron chi connectivity index (χ4n) is 1.86.